The molecule has 1 heterocycles. The number of benzene rings is 1. The smallest absolute Gasteiger partial charge is 0.315 e. The Balaban J connectivity index is 1.77. The number of nitrogens with one attached hydrogen (secondary N) is 3. The highest BCUT2D eigenvalue weighted by molar-refractivity contribution is 9.10. The molecule has 1 aromatic carbocycles. The van der Waals surface area contributed by atoms with E-state index in [1.807, 2.05) is 31.2 Å². The van der Waals surface area contributed by atoms with E-state index in [0.717, 1.165) is 42.5 Å². The Labute approximate surface area is 128 Å². The van der Waals surface area contributed by atoms with Crippen molar-refractivity contribution >= 4 is 22.0 Å². The predicted octanol–water partition coefficient (Wildman–Crippen LogP) is 2.81. The molecule has 5 heteroatoms. The summed E-state index contributed by atoms with van der Waals surface area (Å²) in [4.78, 5) is 11.9. The maximum absolute atomic E-state index is 11.9. The molecule has 1 saturated heterocycles. The minimum Gasteiger partial charge on any atom is -0.338 e. The average molecular weight is 340 g/mol. The molecule has 1 aromatic rings. The monoisotopic (exact) mass is 339 g/mol. The Morgan fingerprint density at radius 2 is 2.10 bits per heavy atom. The second kappa shape index (κ2) is 7.64. The first-order valence-corrected chi connectivity index (χ1v) is 7.95. The molecule has 0 unspecified atom stereocenters. The van der Waals surface area contributed by atoms with Gasteiger partial charge in [-0.05, 0) is 50.4 Å². The predicted molar refractivity (Wildman–Crippen MR) is 84.7 cm³/mol. The second-order valence-electron chi connectivity index (χ2n) is 5.29. The van der Waals surface area contributed by atoms with Gasteiger partial charge in [-0.2, -0.15) is 0 Å². The van der Waals surface area contributed by atoms with Crippen molar-refractivity contribution in [3.05, 3.63) is 34.3 Å². The zero-order chi connectivity index (χ0) is 14.4. The van der Waals surface area contributed by atoms with Gasteiger partial charge in [0, 0.05) is 11.0 Å². The van der Waals surface area contributed by atoms with Crippen LogP contribution < -0.4 is 16.0 Å². The number of carbonyl (C=O) groups is 1. The third-order valence-electron chi connectivity index (χ3n) is 3.73. The van der Waals surface area contributed by atoms with E-state index in [1.165, 1.54) is 0 Å². The number of piperidine rings is 1. The summed E-state index contributed by atoms with van der Waals surface area (Å²) in [5, 5.41) is 9.29. The molecule has 1 fully saturated rings. The molecule has 0 spiro atoms. The molecule has 2 rings (SSSR count). The summed E-state index contributed by atoms with van der Waals surface area (Å²) in [6.07, 6.45) is 2.28. The van der Waals surface area contributed by atoms with Crippen LogP contribution in [0, 0.1) is 5.92 Å². The number of halogens is 1. The summed E-state index contributed by atoms with van der Waals surface area (Å²) in [7, 11) is 0. The van der Waals surface area contributed by atoms with Crippen molar-refractivity contribution in [1.29, 1.82) is 0 Å². The lowest BCUT2D eigenvalue weighted by Gasteiger charge is -2.23. The number of rotatable bonds is 4. The van der Waals surface area contributed by atoms with E-state index in [1.54, 1.807) is 0 Å². The standard InChI is InChI=1S/C15H22BrN3O/c1-11(13-4-2-3-5-14(13)16)19-15(20)18-10-12-6-8-17-9-7-12/h2-5,11-12,17H,6-10H2,1H3,(H2,18,19,20)/t11-/m0/s1. The van der Waals surface area contributed by atoms with Gasteiger partial charge in [-0.3, -0.25) is 0 Å². The first-order chi connectivity index (χ1) is 9.66. The van der Waals surface area contributed by atoms with Gasteiger partial charge in [-0.1, -0.05) is 34.1 Å². The van der Waals surface area contributed by atoms with Crippen LogP contribution in [0.15, 0.2) is 28.7 Å². The highest BCUT2D eigenvalue weighted by Crippen LogP contribution is 2.22. The molecule has 2 amide bonds. The van der Waals surface area contributed by atoms with Crippen molar-refractivity contribution in [2.45, 2.75) is 25.8 Å². The fourth-order valence-electron chi connectivity index (χ4n) is 2.47. The Hall–Kier alpha value is -1.07. The maximum atomic E-state index is 11.9. The van der Waals surface area contributed by atoms with Crippen LogP contribution in [0.4, 0.5) is 4.79 Å². The molecule has 110 valence electrons. The Morgan fingerprint density at radius 3 is 2.80 bits per heavy atom. The van der Waals surface area contributed by atoms with Crippen molar-refractivity contribution in [3.63, 3.8) is 0 Å². The summed E-state index contributed by atoms with van der Waals surface area (Å²) in [6, 6.07) is 7.84. The van der Waals surface area contributed by atoms with E-state index < -0.39 is 0 Å². The van der Waals surface area contributed by atoms with Crippen LogP contribution in [0.5, 0.6) is 0 Å². The van der Waals surface area contributed by atoms with Crippen LogP contribution in [0.2, 0.25) is 0 Å². The molecule has 20 heavy (non-hydrogen) atoms. The van der Waals surface area contributed by atoms with E-state index in [2.05, 4.69) is 31.9 Å². The lowest BCUT2D eigenvalue weighted by molar-refractivity contribution is 0.234. The minimum atomic E-state index is -0.0909. The summed E-state index contributed by atoms with van der Waals surface area (Å²) >= 11 is 3.51. The van der Waals surface area contributed by atoms with Crippen LogP contribution >= 0.6 is 15.9 Å². The quantitative estimate of drug-likeness (QED) is 0.790. The fraction of sp³-hybridized carbons (Fsp3) is 0.533. The highest BCUT2D eigenvalue weighted by atomic mass is 79.9. The molecule has 0 aromatic heterocycles. The van der Waals surface area contributed by atoms with Crippen LogP contribution in [0.1, 0.15) is 31.4 Å². The van der Waals surface area contributed by atoms with E-state index in [4.69, 9.17) is 0 Å². The first-order valence-electron chi connectivity index (χ1n) is 7.16. The largest absolute Gasteiger partial charge is 0.338 e. The number of amides is 2. The molecule has 3 N–H and O–H groups in total. The summed E-state index contributed by atoms with van der Waals surface area (Å²) in [5.74, 6) is 0.598. The van der Waals surface area contributed by atoms with Gasteiger partial charge in [0.15, 0.2) is 0 Å². The molecule has 1 aliphatic heterocycles. The number of urea groups is 1. The number of carbonyl (C=O) groups excluding carboxylic acids is 1. The van der Waals surface area contributed by atoms with Gasteiger partial charge >= 0.3 is 6.03 Å². The summed E-state index contributed by atoms with van der Waals surface area (Å²) in [5.41, 5.74) is 1.09. The van der Waals surface area contributed by atoms with E-state index >= 15 is 0 Å². The number of hydrogen-bond acceptors (Lipinski definition) is 2. The summed E-state index contributed by atoms with van der Waals surface area (Å²) < 4.78 is 1.02. The molecular formula is C15H22BrN3O. The molecule has 1 aliphatic rings. The molecule has 0 radical (unpaired) electrons. The van der Waals surface area contributed by atoms with Gasteiger partial charge in [0.25, 0.3) is 0 Å². The maximum Gasteiger partial charge on any atom is 0.315 e. The van der Waals surface area contributed by atoms with Crippen LogP contribution in [0.25, 0.3) is 0 Å². The average Bonchev–Trinajstić information content (AvgIpc) is 2.46. The molecule has 0 bridgehead atoms. The zero-order valence-corrected chi connectivity index (χ0v) is 13.4. The molecular weight excluding hydrogens is 318 g/mol. The molecule has 0 saturated carbocycles. The molecule has 4 nitrogen and oxygen atoms in total. The van der Waals surface area contributed by atoms with Crippen LogP contribution in [0.3, 0.4) is 0 Å². The molecule has 1 atom stereocenters. The van der Waals surface area contributed by atoms with Gasteiger partial charge < -0.3 is 16.0 Å². The Bertz CT molecular complexity index is 446. The third kappa shape index (κ3) is 4.49. The van der Waals surface area contributed by atoms with Crippen LogP contribution in [-0.2, 0) is 0 Å². The first kappa shape index (κ1) is 15.3. The SMILES string of the molecule is C[C@H](NC(=O)NCC1CCNCC1)c1ccccc1Br. The fourth-order valence-corrected chi connectivity index (χ4v) is 3.10. The van der Waals surface area contributed by atoms with Crippen molar-refractivity contribution < 1.29 is 4.79 Å². The normalized spacial score (nSPS) is 17.5. The number of hydrogen-bond donors (Lipinski definition) is 3. The van der Waals surface area contributed by atoms with Crippen LogP contribution in [-0.4, -0.2) is 25.7 Å². The lowest BCUT2D eigenvalue weighted by Crippen LogP contribution is -2.41. The topological polar surface area (TPSA) is 53.2 Å². The van der Waals surface area contributed by atoms with Gasteiger partial charge in [-0.15, -0.1) is 0 Å². The highest BCUT2D eigenvalue weighted by Gasteiger charge is 2.15. The van der Waals surface area contributed by atoms with Crippen molar-refractivity contribution in [3.8, 4) is 0 Å². The van der Waals surface area contributed by atoms with Crippen molar-refractivity contribution in [2.75, 3.05) is 19.6 Å². The van der Waals surface area contributed by atoms with Crippen molar-refractivity contribution in [2.24, 2.45) is 5.92 Å². The Morgan fingerprint density at radius 1 is 1.40 bits per heavy atom. The third-order valence-corrected chi connectivity index (χ3v) is 4.45. The van der Waals surface area contributed by atoms with E-state index in [-0.39, 0.29) is 12.1 Å². The van der Waals surface area contributed by atoms with Gasteiger partial charge in [0.2, 0.25) is 0 Å². The van der Waals surface area contributed by atoms with Crippen molar-refractivity contribution in [1.82, 2.24) is 16.0 Å². The Kier molecular flexibility index (Phi) is 5.86. The second-order valence-corrected chi connectivity index (χ2v) is 6.15. The lowest BCUT2D eigenvalue weighted by atomic mass is 9.98. The van der Waals surface area contributed by atoms with Gasteiger partial charge in [-0.25, -0.2) is 4.79 Å². The van der Waals surface area contributed by atoms with Gasteiger partial charge in [0.05, 0.1) is 6.04 Å². The minimum absolute atomic E-state index is 0.0152. The van der Waals surface area contributed by atoms with Gasteiger partial charge in [0.1, 0.15) is 0 Å². The summed E-state index contributed by atoms with van der Waals surface area (Å²) in [6.45, 7) is 4.86. The van der Waals surface area contributed by atoms with E-state index in [9.17, 15) is 4.79 Å². The zero-order valence-electron chi connectivity index (χ0n) is 11.8. The van der Waals surface area contributed by atoms with E-state index in [0.29, 0.717) is 5.92 Å². The molecule has 0 aliphatic carbocycles.